The van der Waals surface area contributed by atoms with Crippen LogP contribution in [0.3, 0.4) is 0 Å². The van der Waals surface area contributed by atoms with E-state index in [2.05, 4.69) is 54.5 Å². The zero-order valence-electron chi connectivity index (χ0n) is 26.4. The Morgan fingerprint density at radius 3 is 2.20 bits per heavy atom. The highest BCUT2D eigenvalue weighted by Gasteiger charge is 2.71. The summed E-state index contributed by atoms with van der Waals surface area (Å²) in [5, 5.41) is 24.3. The average Bonchev–Trinajstić information content (AvgIpc) is 2.81. The topological polar surface area (TPSA) is 93.1 Å². The van der Waals surface area contributed by atoms with Crippen molar-refractivity contribution < 1.29 is 29.3 Å². The van der Waals surface area contributed by atoms with E-state index in [1.807, 2.05) is 0 Å². The molecule has 0 amide bonds. The molecule has 0 aromatic heterocycles. The minimum Gasteiger partial charge on any atom is -0.465 e. The highest BCUT2D eigenvalue weighted by atomic mass is 16.5. The predicted octanol–water partition coefficient (Wildman–Crippen LogP) is 6.22. The molecular weight excluding hydrogens is 504 g/mol. The standard InChI is InChI=1S/C34H54O6/c1-20(35)39-19-34-15-14-29(3,4)17-23(34)22-16-24(37)28-31(7)12-11-27(40-21(2)36)30(5,6)25(31)10-13-32(28,8)33(22,9)18-26(34)38/h16,23-28,37-38H,10-15,17-19H2,1-9H3/t23?,24-,25?,26-,27+,28?,31+,32-,33-,34-/m1/s1. The number of ether oxygens (including phenoxy) is 2. The van der Waals surface area contributed by atoms with Gasteiger partial charge in [-0.2, -0.15) is 0 Å². The van der Waals surface area contributed by atoms with Gasteiger partial charge in [0.05, 0.1) is 18.8 Å². The van der Waals surface area contributed by atoms with E-state index in [0.717, 1.165) is 44.9 Å². The summed E-state index contributed by atoms with van der Waals surface area (Å²) in [6.07, 6.45) is 7.91. The second kappa shape index (κ2) is 9.30. The third-order valence-corrected chi connectivity index (χ3v) is 13.6. The van der Waals surface area contributed by atoms with Crippen LogP contribution in [0.15, 0.2) is 11.6 Å². The number of fused-ring (bicyclic) bond motifs is 7. The van der Waals surface area contributed by atoms with Gasteiger partial charge in [0.25, 0.3) is 0 Å². The van der Waals surface area contributed by atoms with E-state index in [9.17, 15) is 19.8 Å². The number of hydrogen-bond donors (Lipinski definition) is 2. The number of esters is 2. The first-order chi connectivity index (χ1) is 18.3. The van der Waals surface area contributed by atoms with Gasteiger partial charge in [-0.15, -0.1) is 0 Å². The number of hydrogen-bond acceptors (Lipinski definition) is 6. The fourth-order valence-corrected chi connectivity index (χ4v) is 11.4. The van der Waals surface area contributed by atoms with E-state index in [1.54, 1.807) is 0 Å². The Labute approximate surface area is 241 Å². The van der Waals surface area contributed by atoms with Gasteiger partial charge >= 0.3 is 11.9 Å². The van der Waals surface area contributed by atoms with Crippen LogP contribution in [0.2, 0.25) is 0 Å². The second-order valence-corrected chi connectivity index (χ2v) is 16.5. The largest absolute Gasteiger partial charge is 0.465 e. The Balaban J connectivity index is 1.60. The summed E-state index contributed by atoms with van der Waals surface area (Å²) < 4.78 is 11.5. The molecule has 5 rings (SSSR count). The lowest BCUT2D eigenvalue weighted by Gasteiger charge is -2.72. The molecule has 4 fully saturated rings. The quantitative estimate of drug-likeness (QED) is 0.315. The molecule has 0 aromatic rings. The molecule has 0 saturated heterocycles. The predicted molar refractivity (Wildman–Crippen MR) is 154 cm³/mol. The van der Waals surface area contributed by atoms with Gasteiger partial charge in [-0.05, 0) is 84.9 Å². The molecule has 10 atom stereocenters. The third-order valence-electron chi connectivity index (χ3n) is 13.6. The molecule has 0 aliphatic heterocycles. The van der Waals surface area contributed by atoms with Crippen molar-refractivity contribution in [3.63, 3.8) is 0 Å². The molecule has 3 unspecified atom stereocenters. The molecule has 6 heteroatoms. The Hall–Kier alpha value is -1.40. The Kier molecular flexibility index (Phi) is 6.99. The molecule has 0 radical (unpaired) electrons. The van der Waals surface area contributed by atoms with Gasteiger partial charge in [-0.3, -0.25) is 9.59 Å². The average molecular weight is 559 g/mol. The monoisotopic (exact) mass is 558 g/mol. The molecule has 0 bridgehead atoms. The van der Waals surface area contributed by atoms with E-state index in [0.29, 0.717) is 12.3 Å². The molecule has 0 spiro atoms. The van der Waals surface area contributed by atoms with E-state index in [1.165, 1.54) is 19.4 Å². The number of allylic oxidation sites excluding steroid dienone is 1. The smallest absolute Gasteiger partial charge is 0.302 e. The maximum Gasteiger partial charge on any atom is 0.302 e. The molecule has 0 heterocycles. The van der Waals surface area contributed by atoms with Crippen LogP contribution in [0.5, 0.6) is 0 Å². The maximum atomic E-state index is 12.2. The van der Waals surface area contributed by atoms with Gasteiger partial charge in [0.2, 0.25) is 0 Å². The molecular formula is C34H54O6. The van der Waals surface area contributed by atoms with Gasteiger partial charge in [-0.25, -0.2) is 0 Å². The Morgan fingerprint density at radius 1 is 0.900 bits per heavy atom. The summed E-state index contributed by atoms with van der Waals surface area (Å²) in [5.74, 6) is -0.117. The van der Waals surface area contributed by atoms with Gasteiger partial charge in [0.1, 0.15) is 6.10 Å². The van der Waals surface area contributed by atoms with Crippen LogP contribution in [0.4, 0.5) is 0 Å². The normalized spacial score (nSPS) is 48.8. The molecule has 4 saturated carbocycles. The highest BCUT2D eigenvalue weighted by molar-refractivity contribution is 5.66. The number of aliphatic hydroxyl groups is 2. The van der Waals surface area contributed by atoms with Crippen LogP contribution < -0.4 is 0 Å². The van der Waals surface area contributed by atoms with Gasteiger partial charge in [0.15, 0.2) is 0 Å². The summed E-state index contributed by atoms with van der Waals surface area (Å²) in [5.41, 5.74) is 0.0828. The van der Waals surface area contributed by atoms with Crippen molar-refractivity contribution in [2.45, 2.75) is 132 Å². The van der Waals surface area contributed by atoms with Crippen molar-refractivity contribution in [3.8, 4) is 0 Å². The van der Waals surface area contributed by atoms with Crippen molar-refractivity contribution in [2.75, 3.05) is 6.61 Å². The van der Waals surface area contributed by atoms with Crippen molar-refractivity contribution in [1.29, 1.82) is 0 Å². The Morgan fingerprint density at radius 2 is 1.57 bits per heavy atom. The third kappa shape index (κ3) is 4.08. The molecule has 5 aliphatic carbocycles. The molecule has 2 N–H and O–H groups in total. The minimum absolute atomic E-state index is 0.0369. The number of aliphatic hydroxyl groups excluding tert-OH is 2. The van der Waals surface area contributed by atoms with Crippen LogP contribution in [0.1, 0.15) is 114 Å². The van der Waals surface area contributed by atoms with E-state index < -0.39 is 17.6 Å². The summed E-state index contributed by atoms with van der Waals surface area (Å²) in [4.78, 5) is 23.9. The van der Waals surface area contributed by atoms with Crippen LogP contribution in [-0.2, 0) is 19.1 Å². The van der Waals surface area contributed by atoms with E-state index in [4.69, 9.17) is 9.47 Å². The SMILES string of the molecule is CC(=O)OC[C@]12CCC(C)(C)CC1C1=C[C@@H](O)C3[C@@]4(C)CC[C@H](OC(C)=O)C(C)(C)C4CC[C@@]3(C)[C@]1(C)C[C@H]2O. The summed E-state index contributed by atoms with van der Waals surface area (Å²) in [6, 6.07) is 0. The summed E-state index contributed by atoms with van der Waals surface area (Å²) in [7, 11) is 0. The van der Waals surface area contributed by atoms with Crippen molar-refractivity contribution >= 4 is 11.9 Å². The van der Waals surface area contributed by atoms with Crippen LogP contribution >= 0.6 is 0 Å². The van der Waals surface area contributed by atoms with Crippen LogP contribution in [-0.4, -0.2) is 47.1 Å². The summed E-state index contributed by atoms with van der Waals surface area (Å²) >= 11 is 0. The Bertz CT molecular complexity index is 1090. The fourth-order valence-electron chi connectivity index (χ4n) is 11.4. The van der Waals surface area contributed by atoms with Crippen LogP contribution in [0, 0.1) is 50.2 Å². The molecule has 5 aliphatic rings. The van der Waals surface area contributed by atoms with E-state index in [-0.39, 0.29) is 63.6 Å². The first-order valence-electron chi connectivity index (χ1n) is 15.7. The van der Waals surface area contributed by atoms with Gasteiger partial charge in [-0.1, -0.05) is 60.1 Å². The lowest BCUT2D eigenvalue weighted by molar-refractivity contribution is -0.240. The highest BCUT2D eigenvalue weighted by Crippen LogP contribution is 2.75. The zero-order chi connectivity index (χ0) is 29.7. The minimum atomic E-state index is -0.589. The van der Waals surface area contributed by atoms with Gasteiger partial charge in [0, 0.05) is 30.6 Å². The first-order valence-corrected chi connectivity index (χ1v) is 15.7. The van der Waals surface area contributed by atoms with E-state index >= 15 is 0 Å². The fraction of sp³-hybridized carbons (Fsp3) is 0.882. The maximum absolute atomic E-state index is 12.2. The molecule has 40 heavy (non-hydrogen) atoms. The molecule has 6 nitrogen and oxygen atoms in total. The van der Waals surface area contributed by atoms with Crippen LogP contribution in [0.25, 0.3) is 0 Å². The van der Waals surface area contributed by atoms with Crippen molar-refractivity contribution in [3.05, 3.63) is 11.6 Å². The number of carbonyl (C=O) groups excluding carboxylic acids is 2. The number of rotatable bonds is 3. The zero-order valence-corrected chi connectivity index (χ0v) is 26.4. The molecule has 0 aromatic carbocycles. The first kappa shape index (κ1) is 30.1. The molecule has 226 valence electrons. The van der Waals surface area contributed by atoms with Gasteiger partial charge < -0.3 is 19.7 Å². The lowest BCUT2D eigenvalue weighted by Crippen LogP contribution is -2.69. The second-order valence-electron chi connectivity index (χ2n) is 16.5. The lowest BCUT2D eigenvalue weighted by atomic mass is 9.33. The van der Waals surface area contributed by atoms with Crippen molar-refractivity contribution in [1.82, 2.24) is 0 Å². The van der Waals surface area contributed by atoms with Crippen molar-refractivity contribution in [2.24, 2.45) is 50.2 Å². The summed E-state index contributed by atoms with van der Waals surface area (Å²) in [6.45, 7) is 19.4. The number of carbonyl (C=O) groups is 2.